The van der Waals surface area contributed by atoms with Gasteiger partial charge in [0, 0.05) is 31.1 Å². The number of aromatic nitrogens is 1. The summed E-state index contributed by atoms with van der Waals surface area (Å²) in [6.45, 7) is -0.211. The fraction of sp³-hybridized carbons (Fsp3) is 0.357. The lowest BCUT2D eigenvalue weighted by Crippen LogP contribution is -2.53. The molecule has 1 saturated carbocycles. The summed E-state index contributed by atoms with van der Waals surface area (Å²) in [5, 5.41) is 0.713. The predicted octanol–water partition coefficient (Wildman–Crippen LogP) is 2.26. The summed E-state index contributed by atoms with van der Waals surface area (Å²) in [7, 11) is -3.77. The van der Waals surface area contributed by atoms with Gasteiger partial charge in [-0.05, 0) is 12.1 Å². The molecule has 0 amide bonds. The standard InChI is InChI=1S/C14H12F2N2O2S/c15-14(16)7-13(14)8-18(9-13)21(19,20)11-5-1-3-10-4-2-6-17-12(10)11/h1-6H,7-9H2. The van der Waals surface area contributed by atoms with Crippen molar-refractivity contribution in [3.8, 4) is 0 Å². The molecular formula is C14H12F2N2O2S. The molecule has 1 spiro atoms. The van der Waals surface area contributed by atoms with E-state index in [9.17, 15) is 17.2 Å². The Kier molecular flexibility index (Phi) is 2.35. The number of rotatable bonds is 2. The number of alkyl halides is 2. The third-order valence-corrected chi connectivity index (χ3v) is 6.21. The topological polar surface area (TPSA) is 50.3 Å². The lowest BCUT2D eigenvalue weighted by atomic mass is 10.00. The van der Waals surface area contributed by atoms with Gasteiger partial charge in [0.1, 0.15) is 4.90 Å². The number of hydrogen-bond donors (Lipinski definition) is 0. The molecule has 2 aromatic rings. The first-order chi connectivity index (χ1) is 9.86. The second-order valence-corrected chi connectivity index (χ2v) is 7.67. The largest absolute Gasteiger partial charge is 0.257 e. The van der Waals surface area contributed by atoms with E-state index in [1.54, 1.807) is 24.3 Å². The molecule has 1 saturated heterocycles. The van der Waals surface area contributed by atoms with Crippen LogP contribution in [0.3, 0.4) is 0 Å². The Morgan fingerprint density at radius 1 is 1.14 bits per heavy atom. The van der Waals surface area contributed by atoms with Crippen molar-refractivity contribution in [2.45, 2.75) is 17.2 Å². The smallest absolute Gasteiger partial charge is 0.255 e. The molecule has 0 radical (unpaired) electrons. The number of nitrogens with zero attached hydrogens (tertiary/aromatic N) is 2. The highest BCUT2D eigenvalue weighted by Gasteiger charge is 2.77. The van der Waals surface area contributed by atoms with Gasteiger partial charge < -0.3 is 0 Å². The number of fused-ring (bicyclic) bond motifs is 1. The maximum atomic E-state index is 13.2. The molecule has 1 aliphatic heterocycles. The van der Waals surface area contributed by atoms with Crippen molar-refractivity contribution in [2.75, 3.05) is 13.1 Å². The van der Waals surface area contributed by atoms with Crippen molar-refractivity contribution in [1.82, 2.24) is 9.29 Å². The maximum Gasteiger partial charge on any atom is 0.257 e. The van der Waals surface area contributed by atoms with Crippen LogP contribution in [0.1, 0.15) is 6.42 Å². The van der Waals surface area contributed by atoms with E-state index < -0.39 is 21.4 Å². The summed E-state index contributed by atoms with van der Waals surface area (Å²) < 4.78 is 52.7. The fourth-order valence-electron chi connectivity index (χ4n) is 2.95. The van der Waals surface area contributed by atoms with Crippen molar-refractivity contribution < 1.29 is 17.2 Å². The zero-order valence-corrected chi connectivity index (χ0v) is 11.8. The molecule has 1 aromatic carbocycles. The van der Waals surface area contributed by atoms with E-state index in [1.807, 2.05) is 0 Å². The third kappa shape index (κ3) is 1.67. The molecule has 7 heteroatoms. The summed E-state index contributed by atoms with van der Waals surface area (Å²) in [5.74, 6) is -2.71. The molecule has 2 aliphatic rings. The van der Waals surface area contributed by atoms with Crippen LogP contribution in [0, 0.1) is 5.41 Å². The zero-order valence-electron chi connectivity index (χ0n) is 11.0. The maximum absolute atomic E-state index is 13.2. The summed E-state index contributed by atoms with van der Waals surface area (Å²) in [5.41, 5.74) is -0.735. The molecule has 110 valence electrons. The number of halogens is 2. The summed E-state index contributed by atoms with van der Waals surface area (Å²) in [4.78, 5) is 4.20. The van der Waals surface area contributed by atoms with Crippen LogP contribution in [-0.4, -0.2) is 36.7 Å². The lowest BCUT2D eigenvalue weighted by molar-refractivity contribution is 0.0109. The Labute approximate surface area is 120 Å². The first-order valence-electron chi connectivity index (χ1n) is 6.58. The molecule has 4 rings (SSSR count). The SMILES string of the molecule is O=S(=O)(c1cccc2cccnc12)N1CC2(C1)CC2(F)F. The van der Waals surface area contributed by atoms with Gasteiger partial charge in [-0.15, -0.1) is 0 Å². The number of pyridine rings is 1. The van der Waals surface area contributed by atoms with Crippen LogP contribution < -0.4 is 0 Å². The minimum atomic E-state index is -3.77. The van der Waals surface area contributed by atoms with E-state index in [2.05, 4.69) is 4.98 Å². The molecule has 1 aliphatic carbocycles. The van der Waals surface area contributed by atoms with Gasteiger partial charge in [-0.3, -0.25) is 4.98 Å². The monoisotopic (exact) mass is 310 g/mol. The van der Waals surface area contributed by atoms with Crippen LogP contribution in [0.5, 0.6) is 0 Å². The Hall–Kier alpha value is -1.60. The van der Waals surface area contributed by atoms with E-state index in [0.717, 1.165) is 4.31 Å². The number of benzene rings is 1. The van der Waals surface area contributed by atoms with E-state index in [1.165, 1.54) is 12.3 Å². The van der Waals surface area contributed by atoms with Crippen LogP contribution >= 0.6 is 0 Å². The average molecular weight is 310 g/mol. The van der Waals surface area contributed by atoms with Crippen molar-refractivity contribution in [3.63, 3.8) is 0 Å². The van der Waals surface area contributed by atoms with E-state index in [0.29, 0.717) is 10.9 Å². The summed E-state index contributed by atoms with van der Waals surface area (Å²) in [6.07, 6.45) is 1.31. The van der Waals surface area contributed by atoms with E-state index >= 15 is 0 Å². The van der Waals surface area contributed by atoms with Crippen LogP contribution in [0.15, 0.2) is 41.4 Å². The van der Waals surface area contributed by atoms with E-state index in [-0.39, 0.29) is 24.4 Å². The van der Waals surface area contributed by atoms with Crippen LogP contribution in [0.2, 0.25) is 0 Å². The highest BCUT2D eigenvalue weighted by Crippen LogP contribution is 2.65. The van der Waals surface area contributed by atoms with Gasteiger partial charge >= 0.3 is 0 Å². The summed E-state index contributed by atoms with van der Waals surface area (Å²) >= 11 is 0. The molecule has 0 atom stereocenters. The van der Waals surface area contributed by atoms with Crippen molar-refractivity contribution in [1.29, 1.82) is 0 Å². The molecule has 0 unspecified atom stereocenters. The van der Waals surface area contributed by atoms with Gasteiger partial charge in [0.15, 0.2) is 0 Å². The number of sulfonamides is 1. The van der Waals surface area contributed by atoms with Gasteiger partial charge in [-0.1, -0.05) is 18.2 Å². The molecule has 0 N–H and O–H groups in total. The van der Waals surface area contributed by atoms with Crippen LogP contribution in [0.4, 0.5) is 8.78 Å². The minimum absolute atomic E-state index is 0.0828. The lowest BCUT2D eigenvalue weighted by Gasteiger charge is -2.38. The van der Waals surface area contributed by atoms with Crippen molar-refractivity contribution in [3.05, 3.63) is 36.5 Å². The van der Waals surface area contributed by atoms with Crippen molar-refractivity contribution in [2.24, 2.45) is 5.41 Å². The first-order valence-corrected chi connectivity index (χ1v) is 8.02. The molecule has 0 bridgehead atoms. The van der Waals surface area contributed by atoms with Gasteiger partial charge in [0.25, 0.3) is 5.92 Å². The second kappa shape index (κ2) is 3.78. The van der Waals surface area contributed by atoms with Gasteiger partial charge in [-0.2, -0.15) is 4.31 Å². The van der Waals surface area contributed by atoms with Crippen molar-refractivity contribution >= 4 is 20.9 Å². The quantitative estimate of drug-likeness (QED) is 0.855. The van der Waals surface area contributed by atoms with Crippen LogP contribution in [0.25, 0.3) is 10.9 Å². The van der Waals surface area contributed by atoms with Crippen LogP contribution in [-0.2, 0) is 10.0 Å². The molecule has 2 heterocycles. The van der Waals surface area contributed by atoms with Gasteiger partial charge in [0.2, 0.25) is 10.0 Å². The summed E-state index contributed by atoms with van der Waals surface area (Å²) in [6, 6.07) is 8.38. The number of hydrogen-bond acceptors (Lipinski definition) is 3. The average Bonchev–Trinajstić information content (AvgIpc) is 3.00. The minimum Gasteiger partial charge on any atom is -0.255 e. The highest BCUT2D eigenvalue weighted by atomic mass is 32.2. The highest BCUT2D eigenvalue weighted by molar-refractivity contribution is 7.89. The van der Waals surface area contributed by atoms with Gasteiger partial charge in [0.05, 0.1) is 10.9 Å². The number of para-hydroxylation sites is 1. The Morgan fingerprint density at radius 2 is 1.81 bits per heavy atom. The Morgan fingerprint density at radius 3 is 2.48 bits per heavy atom. The Balaban J connectivity index is 1.72. The van der Waals surface area contributed by atoms with Gasteiger partial charge in [-0.25, -0.2) is 17.2 Å². The van der Waals surface area contributed by atoms with E-state index in [4.69, 9.17) is 0 Å². The molecule has 21 heavy (non-hydrogen) atoms. The second-order valence-electron chi connectivity index (χ2n) is 5.77. The molecule has 2 fully saturated rings. The predicted molar refractivity (Wildman–Crippen MR) is 72.5 cm³/mol. The fourth-order valence-corrected chi connectivity index (χ4v) is 4.72. The third-order valence-electron chi connectivity index (χ3n) is 4.38. The molecular weight excluding hydrogens is 298 g/mol. The zero-order chi connectivity index (χ0) is 14.9. The molecule has 1 aromatic heterocycles. The first kappa shape index (κ1) is 13.1. The normalized spacial score (nSPS) is 23.1. The molecule has 4 nitrogen and oxygen atoms in total. The Bertz CT molecular complexity index is 840.